The van der Waals surface area contributed by atoms with Gasteiger partial charge in [0, 0.05) is 55.8 Å². The lowest BCUT2D eigenvalue weighted by atomic mass is 9.81. The smallest absolute Gasteiger partial charge is 0.176 e. The summed E-state index contributed by atoms with van der Waals surface area (Å²) in [7, 11) is 3.92. The summed E-state index contributed by atoms with van der Waals surface area (Å²) in [6.45, 7) is 7.05. The van der Waals surface area contributed by atoms with E-state index in [2.05, 4.69) is 34.9 Å². The first-order valence-corrected chi connectivity index (χ1v) is 10.5. The van der Waals surface area contributed by atoms with Crippen molar-refractivity contribution >= 4 is 23.3 Å². The Morgan fingerprint density at radius 3 is 2.42 bits per heavy atom. The molecule has 0 radical (unpaired) electrons. The first-order valence-electron chi connectivity index (χ1n) is 10.5. The molecule has 2 aliphatic heterocycles. The minimum Gasteiger partial charge on any atom is -0.396 e. The molecule has 0 amide bonds. The maximum Gasteiger partial charge on any atom is 0.176 e. The highest BCUT2D eigenvalue weighted by molar-refractivity contribution is 6.39. The third-order valence-corrected chi connectivity index (χ3v) is 5.75. The van der Waals surface area contributed by atoms with Gasteiger partial charge in [0.2, 0.25) is 0 Å². The van der Waals surface area contributed by atoms with Crippen molar-refractivity contribution in [3.63, 3.8) is 0 Å². The van der Waals surface area contributed by atoms with Gasteiger partial charge >= 0.3 is 0 Å². The van der Waals surface area contributed by atoms with Crippen LogP contribution in [-0.2, 0) is 9.47 Å². The second-order valence-corrected chi connectivity index (χ2v) is 9.49. The summed E-state index contributed by atoms with van der Waals surface area (Å²) < 4.78 is 11.4. The Kier molecular flexibility index (Phi) is 7.20. The van der Waals surface area contributed by atoms with Gasteiger partial charge in [-0.05, 0) is 18.2 Å². The average molecular weight is 434 g/mol. The molecular formula is C22H35N5O4. The Morgan fingerprint density at radius 2 is 1.87 bits per heavy atom. The summed E-state index contributed by atoms with van der Waals surface area (Å²) in [4.78, 5) is 8.58. The second-order valence-electron chi connectivity index (χ2n) is 9.49. The molecule has 3 rings (SSSR count). The first-order chi connectivity index (χ1) is 14.7. The average Bonchev–Trinajstić information content (AvgIpc) is 2.72. The summed E-state index contributed by atoms with van der Waals surface area (Å²) in [5, 5.41) is 23.0. The van der Waals surface area contributed by atoms with E-state index in [9.17, 15) is 10.2 Å². The van der Waals surface area contributed by atoms with Gasteiger partial charge in [0.15, 0.2) is 6.29 Å². The molecule has 2 heterocycles. The summed E-state index contributed by atoms with van der Waals surface area (Å²) in [6, 6.07) is 6.02. The molecule has 9 nitrogen and oxygen atoms in total. The van der Waals surface area contributed by atoms with Gasteiger partial charge in [0.25, 0.3) is 0 Å². The fraction of sp³-hybridized carbons (Fsp3) is 0.636. The van der Waals surface area contributed by atoms with Crippen LogP contribution >= 0.6 is 0 Å². The molecule has 1 aromatic rings. The maximum atomic E-state index is 9.54. The first kappa shape index (κ1) is 23.5. The Hall–Kier alpha value is -2.20. The van der Waals surface area contributed by atoms with Crippen molar-refractivity contribution in [1.29, 1.82) is 0 Å². The number of aliphatic hydroxyl groups excluding tert-OH is 2. The summed E-state index contributed by atoms with van der Waals surface area (Å²) in [5.74, 6) is 5.69. The van der Waals surface area contributed by atoms with Gasteiger partial charge in [-0.2, -0.15) is 5.10 Å². The zero-order chi connectivity index (χ0) is 22.6. The van der Waals surface area contributed by atoms with Crippen LogP contribution < -0.4 is 15.6 Å². The molecule has 9 heteroatoms. The summed E-state index contributed by atoms with van der Waals surface area (Å²) in [5.41, 5.74) is 3.00. The lowest BCUT2D eigenvalue weighted by Crippen LogP contribution is -2.60. The van der Waals surface area contributed by atoms with Crippen LogP contribution in [0.3, 0.4) is 0 Å². The molecule has 0 saturated carbocycles. The third-order valence-electron chi connectivity index (χ3n) is 5.75. The number of hydrogen-bond acceptors (Lipinski definition) is 9. The number of nitrogens with two attached hydrogens (primary N) is 1. The molecule has 0 spiro atoms. The van der Waals surface area contributed by atoms with Crippen molar-refractivity contribution in [3.05, 3.63) is 23.8 Å². The maximum absolute atomic E-state index is 9.54. The molecular weight excluding hydrogens is 398 g/mol. The number of rotatable bonds is 8. The summed E-state index contributed by atoms with van der Waals surface area (Å²) >= 11 is 0. The third kappa shape index (κ3) is 5.35. The number of aliphatic hydroxyl groups is 2. The lowest BCUT2D eigenvalue weighted by molar-refractivity contribution is -0.215. The zero-order valence-electron chi connectivity index (χ0n) is 18.9. The van der Waals surface area contributed by atoms with Crippen molar-refractivity contribution in [3.8, 4) is 0 Å². The highest BCUT2D eigenvalue weighted by Gasteiger charge is 2.42. The molecule has 0 aromatic heterocycles. The summed E-state index contributed by atoms with van der Waals surface area (Å²) in [6.07, 6.45) is 1.30. The van der Waals surface area contributed by atoms with Gasteiger partial charge in [-0.15, -0.1) is 0 Å². The molecule has 0 aliphatic carbocycles. The van der Waals surface area contributed by atoms with Crippen LogP contribution in [0.15, 0.2) is 28.3 Å². The van der Waals surface area contributed by atoms with Crippen molar-refractivity contribution in [1.82, 2.24) is 0 Å². The monoisotopic (exact) mass is 433 g/mol. The number of anilines is 2. The highest BCUT2D eigenvalue weighted by Crippen LogP contribution is 2.36. The van der Waals surface area contributed by atoms with Crippen molar-refractivity contribution in [2.75, 3.05) is 70.0 Å². The highest BCUT2D eigenvalue weighted by atomic mass is 16.7. The fourth-order valence-electron chi connectivity index (χ4n) is 3.73. The molecule has 0 bridgehead atoms. The van der Waals surface area contributed by atoms with E-state index in [0.717, 1.165) is 16.9 Å². The molecule has 2 aliphatic rings. The van der Waals surface area contributed by atoms with Gasteiger partial charge in [-0.3, -0.25) is 4.99 Å². The van der Waals surface area contributed by atoms with Crippen LogP contribution in [0.5, 0.6) is 0 Å². The number of aliphatic imine (C=N–C) groups is 1. The Balaban J connectivity index is 1.70. The van der Waals surface area contributed by atoms with Gasteiger partial charge < -0.3 is 35.3 Å². The molecule has 4 N–H and O–H groups in total. The van der Waals surface area contributed by atoms with E-state index in [0.29, 0.717) is 38.6 Å². The van der Waals surface area contributed by atoms with E-state index in [1.165, 1.54) is 0 Å². The zero-order valence-corrected chi connectivity index (χ0v) is 18.9. The topological polar surface area (TPSA) is 116 Å². The van der Waals surface area contributed by atoms with E-state index in [-0.39, 0.29) is 24.9 Å². The predicted molar refractivity (Wildman–Crippen MR) is 123 cm³/mol. The van der Waals surface area contributed by atoms with Crippen LogP contribution in [0, 0.1) is 10.8 Å². The molecule has 0 unspecified atom stereocenters. The van der Waals surface area contributed by atoms with Gasteiger partial charge in [0.1, 0.15) is 5.71 Å². The van der Waals surface area contributed by atoms with E-state index in [4.69, 9.17) is 15.3 Å². The number of nitrogens with zero attached hydrogens (tertiary/aromatic N) is 4. The van der Waals surface area contributed by atoms with Crippen LogP contribution in [0.2, 0.25) is 0 Å². The van der Waals surface area contributed by atoms with Gasteiger partial charge in [0.05, 0.1) is 38.4 Å². The van der Waals surface area contributed by atoms with Gasteiger partial charge in [-0.25, -0.2) is 0 Å². The molecule has 31 heavy (non-hydrogen) atoms. The Morgan fingerprint density at radius 1 is 1.23 bits per heavy atom. The van der Waals surface area contributed by atoms with E-state index < -0.39 is 5.41 Å². The molecule has 0 atom stereocenters. The van der Waals surface area contributed by atoms with Crippen LogP contribution in [0.1, 0.15) is 19.4 Å². The van der Waals surface area contributed by atoms with Crippen LogP contribution in [-0.4, -0.2) is 88.6 Å². The van der Waals surface area contributed by atoms with Crippen molar-refractivity contribution < 1.29 is 19.7 Å². The number of benzene rings is 1. The normalized spacial score (nSPS) is 21.4. The van der Waals surface area contributed by atoms with Gasteiger partial charge in [-0.1, -0.05) is 13.8 Å². The predicted octanol–water partition coefficient (Wildman–Crippen LogP) is 0.676. The number of ether oxygens (including phenoxy) is 2. The SMILES string of the molecule is CN(C)c1cc(N2CC(CO)(CO)C2)ccc1/C(C=NCC1OCC(C)(C)CO1)=N/N. The quantitative estimate of drug-likeness (QED) is 0.314. The fourth-order valence-corrected chi connectivity index (χ4v) is 3.73. The minimum absolute atomic E-state index is 0.0228. The molecule has 2 saturated heterocycles. The largest absolute Gasteiger partial charge is 0.396 e. The minimum atomic E-state index is -0.425. The molecule has 1 aromatic carbocycles. The van der Waals surface area contributed by atoms with Crippen LogP contribution in [0.4, 0.5) is 11.4 Å². The molecule has 172 valence electrons. The van der Waals surface area contributed by atoms with E-state index in [1.807, 2.05) is 31.1 Å². The van der Waals surface area contributed by atoms with Crippen molar-refractivity contribution in [2.24, 2.45) is 26.8 Å². The Bertz CT molecular complexity index is 802. The molecule has 2 fully saturated rings. The second kappa shape index (κ2) is 9.52. The van der Waals surface area contributed by atoms with Crippen LogP contribution in [0.25, 0.3) is 0 Å². The van der Waals surface area contributed by atoms with E-state index >= 15 is 0 Å². The lowest BCUT2D eigenvalue weighted by Gasteiger charge is -2.49. The van der Waals surface area contributed by atoms with Crippen molar-refractivity contribution in [2.45, 2.75) is 20.1 Å². The standard InChI is InChI=1S/C22H35N5O4/c1-21(2)14-30-20(31-15-21)9-24-8-18(25-23)17-6-5-16(7-19(17)26(3)4)27-10-22(11-27,12-28)13-29/h5-8,20,28-29H,9-15,23H2,1-4H3/b24-8?,25-18+. The Labute approximate surface area is 184 Å². The van der Waals surface area contributed by atoms with E-state index in [1.54, 1.807) is 6.21 Å². The number of hydrogen-bond donors (Lipinski definition) is 3. The number of hydrazone groups is 1.